The van der Waals surface area contributed by atoms with Crippen LogP contribution in [0.5, 0.6) is 5.75 Å². The maximum Gasteiger partial charge on any atom is 0.226 e. The largest absolute Gasteiger partial charge is 0.491 e. The van der Waals surface area contributed by atoms with E-state index in [1.54, 1.807) is 0 Å². The minimum atomic E-state index is -0.0526. The van der Waals surface area contributed by atoms with Crippen LogP contribution in [0.4, 0.5) is 0 Å². The van der Waals surface area contributed by atoms with Crippen LogP contribution in [-0.4, -0.2) is 17.1 Å². The Labute approximate surface area is 132 Å². The molecule has 116 valence electrons. The van der Waals surface area contributed by atoms with E-state index in [2.05, 4.69) is 10.6 Å². The molecule has 0 aliphatic heterocycles. The predicted octanol–water partition coefficient (Wildman–Crippen LogP) is 3.01. The zero-order chi connectivity index (χ0) is 15.8. The van der Waals surface area contributed by atoms with Gasteiger partial charge in [0.1, 0.15) is 5.75 Å². The zero-order valence-electron chi connectivity index (χ0n) is 13.1. The zero-order valence-corrected chi connectivity index (χ0v) is 13.9. The fourth-order valence-corrected chi connectivity index (χ4v) is 1.92. The van der Waals surface area contributed by atoms with Crippen LogP contribution in [0.25, 0.3) is 0 Å². The molecule has 0 radical (unpaired) electrons. The predicted molar refractivity (Wildman–Crippen MR) is 89.2 cm³/mol. The Balaban J connectivity index is 2.37. The van der Waals surface area contributed by atoms with Crippen molar-refractivity contribution in [3.63, 3.8) is 0 Å². The summed E-state index contributed by atoms with van der Waals surface area (Å²) in [7, 11) is 0. The SMILES string of the molecule is CC(C)CC(=O)NC(=S)NCc1ccc(OC(C)C)cc1. The Bertz CT molecular complexity index is 470. The summed E-state index contributed by atoms with van der Waals surface area (Å²) in [5.41, 5.74) is 1.08. The summed E-state index contributed by atoms with van der Waals surface area (Å²) < 4.78 is 5.58. The first-order valence-electron chi connectivity index (χ1n) is 7.20. The number of carbonyl (C=O) groups excluding carboxylic acids is 1. The molecule has 0 fully saturated rings. The lowest BCUT2D eigenvalue weighted by molar-refractivity contribution is -0.120. The minimum Gasteiger partial charge on any atom is -0.491 e. The van der Waals surface area contributed by atoms with Crippen molar-refractivity contribution in [2.24, 2.45) is 5.92 Å². The molecule has 0 atom stereocenters. The molecule has 1 amide bonds. The van der Waals surface area contributed by atoms with Crippen molar-refractivity contribution >= 4 is 23.2 Å². The van der Waals surface area contributed by atoms with Crippen LogP contribution in [0.2, 0.25) is 0 Å². The first-order chi connectivity index (χ1) is 9.86. The molecule has 1 rings (SSSR count). The number of benzene rings is 1. The molecule has 1 aromatic carbocycles. The summed E-state index contributed by atoms with van der Waals surface area (Å²) in [5.74, 6) is 1.12. The molecule has 0 aliphatic rings. The van der Waals surface area contributed by atoms with E-state index >= 15 is 0 Å². The van der Waals surface area contributed by atoms with Gasteiger partial charge in [0.15, 0.2) is 5.11 Å². The number of hydrogen-bond donors (Lipinski definition) is 2. The van der Waals surface area contributed by atoms with E-state index in [4.69, 9.17) is 17.0 Å². The fourth-order valence-electron chi connectivity index (χ4n) is 1.73. The number of nitrogens with one attached hydrogen (secondary N) is 2. The number of ether oxygens (including phenoxy) is 1. The molecule has 0 saturated carbocycles. The van der Waals surface area contributed by atoms with E-state index in [0.717, 1.165) is 11.3 Å². The number of hydrogen-bond acceptors (Lipinski definition) is 3. The Morgan fingerprint density at radius 1 is 1.19 bits per heavy atom. The number of thiocarbonyl (C=S) groups is 1. The van der Waals surface area contributed by atoms with E-state index in [-0.39, 0.29) is 12.0 Å². The van der Waals surface area contributed by atoms with Crippen molar-refractivity contribution in [1.82, 2.24) is 10.6 Å². The van der Waals surface area contributed by atoms with Crippen molar-refractivity contribution < 1.29 is 9.53 Å². The number of amides is 1. The molecule has 0 spiro atoms. The van der Waals surface area contributed by atoms with Crippen molar-refractivity contribution in [3.05, 3.63) is 29.8 Å². The van der Waals surface area contributed by atoms with Gasteiger partial charge in [-0.15, -0.1) is 0 Å². The molecule has 0 heterocycles. The smallest absolute Gasteiger partial charge is 0.226 e. The van der Waals surface area contributed by atoms with Crippen LogP contribution in [0, 0.1) is 5.92 Å². The molecule has 5 heteroatoms. The van der Waals surface area contributed by atoms with Gasteiger partial charge in [-0.1, -0.05) is 26.0 Å². The van der Waals surface area contributed by atoms with Crippen molar-refractivity contribution in [2.75, 3.05) is 0 Å². The van der Waals surface area contributed by atoms with Crippen LogP contribution < -0.4 is 15.4 Å². The summed E-state index contributed by atoms with van der Waals surface area (Å²) in [5, 5.41) is 6.06. The standard InChI is InChI=1S/C16H24N2O2S/c1-11(2)9-15(19)18-16(21)17-10-13-5-7-14(8-6-13)20-12(3)4/h5-8,11-12H,9-10H2,1-4H3,(H2,17,18,19,21). The molecule has 2 N–H and O–H groups in total. The lowest BCUT2D eigenvalue weighted by Crippen LogP contribution is -2.39. The van der Waals surface area contributed by atoms with Gasteiger partial charge in [0.2, 0.25) is 5.91 Å². The van der Waals surface area contributed by atoms with Crippen LogP contribution in [-0.2, 0) is 11.3 Å². The minimum absolute atomic E-state index is 0.0526. The van der Waals surface area contributed by atoms with Gasteiger partial charge in [-0.3, -0.25) is 4.79 Å². The average molecular weight is 308 g/mol. The lowest BCUT2D eigenvalue weighted by atomic mass is 10.1. The third kappa shape index (κ3) is 7.66. The second-order valence-corrected chi connectivity index (χ2v) is 6.05. The second kappa shape index (κ2) is 8.62. The van der Waals surface area contributed by atoms with E-state index in [9.17, 15) is 4.79 Å². The molecule has 0 unspecified atom stereocenters. The highest BCUT2D eigenvalue weighted by molar-refractivity contribution is 7.80. The van der Waals surface area contributed by atoms with E-state index in [0.29, 0.717) is 24.0 Å². The summed E-state index contributed by atoms with van der Waals surface area (Å²) in [6.07, 6.45) is 0.640. The lowest BCUT2D eigenvalue weighted by Gasteiger charge is -2.12. The van der Waals surface area contributed by atoms with Crippen molar-refractivity contribution in [2.45, 2.75) is 46.8 Å². The molecule has 0 aliphatic carbocycles. The van der Waals surface area contributed by atoms with Gasteiger partial charge in [0.05, 0.1) is 6.10 Å². The van der Waals surface area contributed by atoms with Gasteiger partial charge in [0.25, 0.3) is 0 Å². The third-order valence-electron chi connectivity index (χ3n) is 2.59. The van der Waals surface area contributed by atoms with E-state index in [1.165, 1.54) is 0 Å². The Kier molecular flexibility index (Phi) is 7.15. The number of rotatable bonds is 6. The molecular weight excluding hydrogens is 284 g/mol. The topological polar surface area (TPSA) is 50.4 Å². The summed E-state index contributed by atoms with van der Waals surface area (Å²) in [4.78, 5) is 11.6. The van der Waals surface area contributed by atoms with Gasteiger partial charge in [-0.05, 0) is 49.7 Å². The Hall–Kier alpha value is -1.62. The highest BCUT2D eigenvalue weighted by Gasteiger charge is 2.06. The highest BCUT2D eigenvalue weighted by Crippen LogP contribution is 2.13. The van der Waals surface area contributed by atoms with Crippen LogP contribution >= 0.6 is 12.2 Å². The third-order valence-corrected chi connectivity index (χ3v) is 2.84. The normalized spacial score (nSPS) is 10.6. The fraction of sp³-hybridized carbons (Fsp3) is 0.500. The highest BCUT2D eigenvalue weighted by atomic mass is 32.1. The van der Waals surface area contributed by atoms with Crippen molar-refractivity contribution in [1.29, 1.82) is 0 Å². The van der Waals surface area contributed by atoms with E-state index in [1.807, 2.05) is 52.0 Å². The van der Waals surface area contributed by atoms with Gasteiger partial charge < -0.3 is 15.4 Å². The van der Waals surface area contributed by atoms with Gasteiger partial charge in [0, 0.05) is 13.0 Å². The van der Waals surface area contributed by atoms with Crippen LogP contribution in [0.1, 0.15) is 39.7 Å². The summed E-state index contributed by atoms with van der Waals surface area (Å²) in [6.45, 7) is 8.55. The summed E-state index contributed by atoms with van der Waals surface area (Å²) in [6, 6.07) is 7.81. The van der Waals surface area contributed by atoms with Crippen molar-refractivity contribution in [3.8, 4) is 5.75 Å². The molecule has 1 aromatic rings. The second-order valence-electron chi connectivity index (χ2n) is 5.64. The molecule has 21 heavy (non-hydrogen) atoms. The first-order valence-corrected chi connectivity index (χ1v) is 7.61. The van der Waals surface area contributed by atoms with Gasteiger partial charge in [-0.2, -0.15) is 0 Å². The van der Waals surface area contributed by atoms with E-state index < -0.39 is 0 Å². The summed E-state index contributed by atoms with van der Waals surface area (Å²) >= 11 is 5.10. The monoisotopic (exact) mass is 308 g/mol. The maximum absolute atomic E-state index is 11.6. The quantitative estimate of drug-likeness (QED) is 0.793. The molecular formula is C16H24N2O2S. The van der Waals surface area contributed by atoms with Gasteiger partial charge >= 0.3 is 0 Å². The molecule has 0 aromatic heterocycles. The Morgan fingerprint density at radius 2 is 1.81 bits per heavy atom. The van der Waals surface area contributed by atoms with Crippen LogP contribution in [0.15, 0.2) is 24.3 Å². The van der Waals surface area contributed by atoms with Crippen LogP contribution in [0.3, 0.4) is 0 Å². The molecule has 4 nitrogen and oxygen atoms in total. The maximum atomic E-state index is 11.6. The average Bonchev–Trinajstić information content (AvgIpc) is 2.36. The van der Waals surface area contributed by atoms with Gasteiger partial charge in [-0.25, -0.2) is 0 Å². The number of carbonyl (C=O) groups is 1. The first kappa shape index (κ1) is 17.4. The molecule has 0 bridgehead atoms. The molecule has 0 saturated heterocycles. The Morgan fingerprint density at radius 3 is 2.33 bits per heavy atom.